The summed E-state index contributed by atoms with van der Waals surface area (Å²) in [5.74, 6) is 0. The van der Waals surface area contributed by atoms with Gasteiger partial charge < -0.3 is 15.2 Å². The Bertz CT molecular complexity index is 264. The maximum absolute atomic E-state index is 5.87. The summed E-state index contributed by atoms with van der Waals surface area (Å²) in [6, 6.07) is -0.145. The Morgan fingerprint density at radius 2 is 2.33 bits per heavy atom. The number of rotatable bonds is 6. The molecular weight excluding hydrogens is 212 g/mol. The highest BCUT2D eigenvalue weighted by molar-refractivity contribution is 7.09. The molecule has 0 aromatic carbocycles. The van der Waals surface area contributed by atoms with Gasteiger partial charge in [-0.25, -0.2) is 4.98 Å². The third-order valence-electron chi connectivity index (χ3n) is 2.03. The van der Waals surface area contributed by atoms with E-state index in [1.807, 2.05) is 19.2 Å². The summed E-state index contributed by atoms with van der Waals surface area (Å²) in [7, 11) is 1.63. The lowest BCUT2D eigenvalue weighted by atomic mass is 10.2. The molecule has 0 spiro atoms. The Hall–Kier alpha value is -0.490. The van der Waals surface area contributed by atoms with E-state index < -0.39 is 0 Å². The molecule has 0 aliphatic rings. The Morgan fingerprint density at radius 3 is 2.93 bits per heavy atom. The summed E-state index contributed by atoms with van der Waals surface area (Å²) in [6.07, 6.45) is 0.0449. The Kier molecular flexibility index (Phi) is 5.17. The quantitative estimate of drug-likeness (QED) is 0.810. The summed E-state index contributed by atoms with van der Waals surface area (Å²) in [6.45, 7) is 5.15. The molecule has 0 saturated heterocycles. The molecule has 0 amide bonds. The van der Waals surface area contributed by atoms with Crippen molar-refractivity contribution in [1.82, 2.24) is 4.98 Å². The number of hydrogen-bond donors (Lipinski definition) is 1. The zero-order chi connectivity index (χ0) is 11.3. The number of nitrogens with two attached hydrogens (primary N) is 1. The zero-order valence-corrected chi connectivity index (χ0v) is 10.2. The van der Waals surface area contributed by atoms with Crippen molar-refractivity contribution in [1.29, 1.82) is 0 Å². The molecule has 1 aromatic heterocycles. The van der Waals surface area contributed by atoms with E-state index in [1.54, 1.807) is 18.4 Å². The summed E-state index contributed by atoms with van der Waals surface area (Å²) in [5.41, 5.74) is 6.75. The number of aromatic nitrogens is 1. The highest BCUT2D eigenvalue weighted by Crippen LogP contribution is 2.23. The van der Waals surface area contributed by atoms with Gasteiger partial charge in [-0.2, -0.15) is 0 Å². The van der Waals surface area contributed by atoms with Crippen molar-refractivity contribution in [2.75, 3.05) is 20.3 Å². The fourth-order valence-corrected chi connectivity index (χ4v) is 2.13. The van der Waals surface area contributed by atoms with E-state index in [0.717, 1.165) is 10.7 Å². The lowest BCUT2D eigenvalue weighted by Gasteiger charge is -2.08. The van der Waals surface area contributed by atoms with Crippen LogP contribution in [0.25, 0.3) is 0 Å². The van der Waals surface area contributed by atoms with Crippen molar-refractivity contribution < 1.29 is 9.47 Å². The maximum atomic E-state index is 5.87. The molecule has 0 radical (unpaired) electrons. The fourth-order valence-electron chi connectivity index (χ4n) is 1.24. The molecule has 0 bridgehead atoms. The van der Waals surface area contributed by atoms with E-state index in [0.29, 0.717) is 13.2 Å². The van der Waals surface area contributed by atoms with Crippen molar-refractivity contribution in [3.63, 3.8) is 0 Å². The maximum Gasteiger partial charge on any atom is 0.122 e. The van der Waals surface area contributed by atoms with Gasteiger partial charge in [-0.05, 0) is 13.8 Å². The first-order valence-electron chi connectivity index (χ1n) is 5.00. The van der Waals surface area contributed by atoms with Gasteiger partial charge in [0.1, 0.15) is 11.1 Å². The van der Waals surface area contributed by atoms with Crippen LogP contribution in [0.15, 0.2) is 5.38 Å². The van der Waals surface area contributed by atoms with Gasteiger partial charge in [0.05, 0.1) is 18.3 Å². The summed E-state index contributed by atoms with van der Waals surface area (Å²) in [5, 5.41) is 2.94. The number of ether oxygens (including phenoxy) is 2. The standard InChI is InChI=1S/C10H18N2O2S/c1-4-14-7(2)10-12-9(6-15-10)8(11)5-13-3/h6-8H,4-5,11H2,1-3H3. The molecule has 4 nitrogen and oxygen atoms in total. The minimum Gasteiger partial charge on any atom is -0.383 e. The van der Waals surface area contributed by atoms with Crippen LogP contribution in [-0.4, -0.2) is 25.3 Å². The number of nitrogens with zero attached hydrogens (tertiary/aromatic N) is 1. The van der Waals surface area contributed by atoms with E-state index in [-0.39, 0.29) is 12.1 Å². The molecule has 5 heteroatoms. The normalized spacial score (nSPS) is 15.2. The Balaban J connectivity index is 2.62. The van der Waals surface area contributed by atoms with Crippen molar-refractivity contribution in [2.45, 2.75) is 26.0 Å². The van der Waals surface area contributed by atoms with Crippen LogP contribution in [0.1, 0.15) is 36.7 Å². The second kappa shape index (κ2) is 6.17. The number of thiazole rings is 1. The third-order valence-corrected chi connectivity index (χ3v) is 3.05. The molecule has 15 heavy (non-hydrogen) atoms. The van der Waals surface area contributed by atoms with Gasteiger partial charge in [0.15, 0.2) is 0 Å². The van der Waals surface area contributed by atoms with Crippen LogP contribution in [0.2, 0.25) is 0 Å². The third kappa shape index (κ3) is 3.53. The highest BCUT2D eigenvalue weighted by atomic mass is 32.1. The van der Waals surface area contributed by atoms with Gasteiger partial charge >= 0.3 is 0 Å². The first-order valence-corrected chi connectivity index (χ1v) is 5.88. The van der Waals surface area contributed by atoms with Gasteiger partial charge in [-0.3, -0.25) is 0 Å². The minimum atomic E-state index is -0.145. The SMILES string of the molecule is CCOC(C)c1nc(C(N)COC)cs1. The van der Waals surface area contributed by atoms with E-state index in [9.17, 15) is 0 Å². The second-order valence-electron chi connectivity index (χ2n) is 3.27. The van der Waals surface area contributed by atoms with Crippen molar-refractivity contribution in [3.8, 4) is 0 Å². The van der Waals surface area contributed by atoms with E-state index >= 15 is 0 Å². The van der Waals surface area contributed by atoms with E-state index in [4.69, 9.17) is 15.2 Å². The molecule has 2 unspecified atom stereocenters. The van der Waals surface area contributed by atoms with Gasteiger partial charge in [0.2, 0.25) is 0 Å². The first kappa shape index (κ1) is 12.6. The summed E-state index contributed by atoms with van der Waals surface area (Å²) < 4.78 is 10.4. The fraction of sp³-hybridized carbons (Fsp3) is 0.700. The Morgan fingerprint density at radius 1 is 1.60 bits per heavy atom. The molecule has 1 aromatic rings. The smallest absolute Gasteiger partial charge is 0.122 e. The van der Waals surface area contributed by atoms with Gasteiger partial charge in [-0.1, -0.05) is 0 Å². The number of hydrogen-bond acceptors (Lipinski definition) is 5. The Labute approximate surface area is 94.4 Å². The average Bonchev–Trinajstić information content (AvgIpc) is 2.67. The largest absolute Gasteiger partial charge is 0.383 e. The van der Waals surface area contributed by atoms with E-state index in [2.05, 4.69) is 4.98 Å². The minimum absolute atomic E-state index is 0.0449. The topological polar surface area (TPSA) is 57.4 Å². The van der Waals surface area contributed by atoms with Gasteiger partial charge in [0.25, 0.3) is 0 Å². The molecule has 0 saturated carbocycles. The first-order chi connectivity index (χ1) is 7.19. The molecule has 2 N–H and O–H groups in total. The molecule has 2 atom stereocenters. The predicted octanol–water partition coefficient (Wildman–Crippen LogP) is 1.89. The second-order valence-corrected chi connectivity index (χ2v) is 4.16. The molecule has 0 aliphatic heterocycles. The lowest BCUT2D eigenvalue weighted by Crippen LogP contribution is -2.16. The molecule has 0 aliphatic carbocycles. The number of methoxy groups -OCH3 is 1. The monoisotopic (exact) mass is 230 g/mol. The van der Waals surface area contributed by atoms with Crippen LogP contribution in [0, 0.1) is 0 Å². The predicted molar refractivity (Wildman–Crippen MR) is 61.0 cm³/mol. The molecule has 1 rings (SSSR count). The van der Waals surface area contributed by atoms with Crippen LogP contribution in [0.3, 0.4) is 0 Å². The van der Waals surface area contributed by atoms with Crippen LogP contribution >= 0.6 is 11.3 Å². The van der Waals surface area contributed by atoms with Crippen molar-refractivity contribution in [3.05, 3.63) is 16.1 Å². The molecule has 1 heterocycles. The molecule has 0 fully saturated rings. The highest BCUT2D eigenvalue weighted by Gasteiger charge is 2.14. The van der Waals surface area contributed by atoms with Crippen LogP contribution < -0.4 is 5.73 Å². The van der Waals surface area contributed by atoms with Crippen LogP contribution in [0.4, 0.5) is 0 Å². The van der Waals surface area contributed by atoms with E-state index in [1.165, 1.54) is 0 Å². The van der Waals surface area contributed by atoms with Crippen molar-refractivity contribution >= 4 is 11.3 Å². The average molecular weight is 230 g/mol. The van der Waals surface area contributed by atoms with Crippen molar-refractivity contribution in [2.24, 2.45) is 5.73 Å². The van der Waals surface area contributed by atoms with Gasteiger partial charge in [0, 0.05) is 19.1 Å². The molecule has 86 valence electrons. The summed E-state index contributed by atoms with van der Waals surface area (Å²) in [4.78, 5) is 4.44. The summed E-state index contributed by atoms with van der Waals surface area (Å²) >= 11 is 1.58. The zero-order valence-electron chi connectivity index (χ0n) is 9.40. The lowest BCUT2D eigenvalue weighted by molar-refractivity contribution is 0.0759. The van der Waals surface area contributed by atoms with Gasteiger partial charge in [-0.15, -0.1) is 11.3 Å². The van der Waals surface area contributed by atoms with Crippen LogP contribution in [0.5, 0.6) is 0 Å². The molecular formula is C10H18N2O2S. The van der Waals surface area contributed by atoms with Crippen LogP contribution in [-0.2, 0) is 9.47 Å².